The minimum Gasteiger partial charge on any atom is -0.348 e. The number of carbonyl (C=O) groups excluding carboxylic acids is 3. The van der Waals surface area contributed by atoms with Crippen molar-refractivity contribution in [1.82, 2.24) is 10.2 Å². The molecular weight excluding hydrogens is 374 g/mol. The van der Waals surface area contributed by atoms with Gasteiger partial charge in [0.15, 0.2) is 0 Å². The molecule has 1 aliphatic rings. The molecule has 0 saturated carbocycles. The Bertz CT molecular complexity index is 975. The van der Waals surface area contributed by atoms with Gasteiger partial charge in [-0.25, -0.2) is 0 Å². The van der Waals surface area contributed by atoms with Crippen LogP contribution in [0, 0.1) is 10.1 Å². The molecule has 3 amide bonds. The van der Waals surface area contributed by atoms with Crippen LogP contribution in [-0.2, 0) is 4.79 Å². The van der Waals surface area contributed by atoms with Gasteiger partial charge in [0.05, 0.1) is 16.5 Å². The number of nitro benzene ring substituents is 1. The van der Waals surface area contributed by atoms with Gasteiger partial charge in [-0.2, -0.15) is 0 Å². The lowest BCUT2D eigenvalue weighted by molar-refractivity contribution is -0.385. The van der Waals surface area contributed by atoms with Crippen molar-refractivity contribution in [3.05, 3.63) is 74.3 Å². The van der Waals surface area contributed by atoms with E-state index in [4.69, 9.17) is 11.6 Å². The summed E-state index contributed by atoms with van der Waals surface area (Å²) in [7, 11) is 0. The quantitative estimate of drug-likeness (QED) is 0.482. The molecule has 0 aromatic heterocycles. The van der Waals surface area contributed by atoms with Crippen LogP contribution in [0.1, 0.15) is 39.2 Å². The molecule has 0 saturated heterocycles. The van der Waals surface area contributed by atoms with Crippen molar-refractivity contribution < 1.29 is 19.3 Å². The van der Waals surface area contributed by atoms with E-state index in [1.807, 2.05) is 0 Å². The lowest BCUT2D eigenvalue weighted by Crippen LogP contribution is -2.41. The van der Waals surface area contributed by atoms with Crippen molar-refractivity contribution in [2.24, 2.45) is 0 Å². The second kappa shape index (κ2) is 7.16. The molecule has 0 fully saturated rings. The molecule has 1 N–H and O–H groups in total. The molecule has 1 heterocycles. The average molecular weight is 388 g/mol. The third-order valence-corrected chi connectivity index (χ3v) is 4.44. The third-order valence-electron chi connectivity index (χ3n) is 4.20. The monoisotopic (exact) mass is 387 g/mol. The lowest BCUT2D eigenvalue weighted by atomic mass is 10.1. The van der Waals surface area contributed by atoms with Crippen LogP contribution in [0.2, 0.25) is 5.02 Å². The van der Waals surface area contributed by atoms with E-state index in [0.717, 1.165) is 11.6 Å². The smallest absolute Gasteiger partial charge is 0.282 e. The average Bonchev–Trinajstić information content (AvgIpc) is 2.86. The molecule has 0 bridgehead atoms. The van der Waals surface area contributed by atoms with Gasteiger partial charge < -0.3 is 5.32 Å². The van der Waals surface area contributed by atoms with Gasteiger partial charge in [-0.1, -0.05) is 29.8 Å². The number of nitrogens with zero attached hydrogens (tertiary/aromatic N) is 2. The van der Waals surface area contributed by atoms with Gasteiger partial charge >= 0.3 is 0 Å². The molecule has 2 aromatic rings. The van der Waals surface area contributed by atoms with E-state index in [1.165, 1.54) is 12.1 Å². The minimum absolute atomic E-state index is 0.0788. The summed E-state index contributed by atoms with van der Waals surface area (Å²) in [6.45, 7) is 1.20. The highest BCUT2D eigenvalue weighted by Crippen LogP contribution is 2.30. The molecule has 0 unspecified atom stereocenters. The van der Waals surface area contributed by atoms with E-state index >= 15 is 0 Å². The Balaban J connectivity index is 1.75. The SMILES string of the molecule is C[C@H](NC(=O)CN1C(=O)c2cccc([N+](=O)[O-])c2C1=O)c1cccc(Cl)c1. The zero-order valence-corrected chi connectivity index (χ0v) is 14.9. The first-order valence-electron chi connectivity index (χ1n) is 7.98. The molecule has 0 spiro atoms. The number of nitro groups is 1. The van der Waals surface area contributed by atoms with E-state index in [0.29, 0.717) is 9.92 Å². The fraction of sp³-hybridized carbons (Fsp3) is 0.167. The topological polar surface area (TPSA) is 110 Å². The first kappa shape index (κ1) is 18.5. The molecule has 1 atom stereocenters. The Hall–Kier alpha value is -3.26. The summed E-state index contributed by atoms with van der Waals surface area (Å²) in [5, 5.41) is 14.3. The van der Waals surface area contributed by atoms with Crippen LogP contribution in [0.4, 0.5) is 5.69 Å². The second-order valence-electron chi connectivity index (χ2n) is 6.00. The van der Waals surface area contributed by atoms with Crippen molar-refractivity contribution in [3.8, 4) is 0 Å². The number of amides is 3. The number of carbonyl (C=O) groups is 3. The summed E-state index contributed by atoms with van der Waals surface area (Å²) >= 11 is 5.93. The Morgan fingerprint density at radius 2 is 1.93 bits per heavy atom. The molecule has 9 heteroatoms. The fourth-order valence-corrected chi connectivity index (χ4v) is 3.10. The summed E-state index contributed by atoms with van der Waals surface area (Å²) in [6, 6.07) is 10.3. The van der Waals surface area contributed by atoms with Crippen molar-refractivity contribution in [1.29, 1.82) is 0 Å². The van der Waals surface area contributed by atoms with Crippen molar-refractivity contribution in [2.45, 2.75) is 13.0 Å². The van der Waals surface area contributed by atoms with E-state index in [2.05, 4.69) is 5.32 Å². The van der Waals surface area contributed by atoms with Crippen LogP contribution < -0.4 is 5.32 Å². The zero-order chi connectivity index (χ0) is 19.7. The first-order chi connectivity index (χ1) is 12.8. The molecule has 1 aliphatic heterocycles. The van der Waals surface area contributed by atoms with Crippen LogP contribution in [0.3, 0.4) is 0 Å². The summed E-state index contributed by atoms with van der Waals surface area (Å²) < 4.78 is 0. The number of hydrogen-bond acceptors (Lipinski definition) is 5. The molecule has 138 valence electrons. The van der Waals surface area contributed by atoms with Crippen molar-refractivity contribution in [3.63, 3.8) is 0 Å². The largest absolute Gasteiger partial charge is 0.348 e. The Kier molecular flexibility index (Phi) is 4.91. The summed E-state index contributed by atoms with van der Waals surface area (Å²) in [5.74, 6) is -2.16. The van der Waals surface area contributed by atoms with Crippen molar-refractivity contribution in [2.75, 3.05) is 6.54 Å². The predicted octanol–water partition coefficient (Wildman–Crippen LogP) is 2.72. The standard InChI is InChI=1S/C18H14ClN3O5/c1-10(11-4-2-5-12(19)8-11)20-15(23)9-21-17(24)13-6-3-7-14(22(26)27)16(13)18(21)25/h2-8,10H,9H2,1H3,(H,20,23)/t10-/m0/s1. The lowest BCUT2D eigenvalue weighted by Gasteiger charge is -2.18. The summed E-state index contributed by atoms with van der Waals surface area (Å²) in [4.78, 5) is 48.3. The Labute approximate surface area is 158 Å². The number of nitrogens with one attached hydrogen (secondary N) is 1. The molecular formula is C18H14ClN3O5. The van der Waals surface area contributed by atoms with E-state index in [-0.39, 0.29) is 11.1 Å². The first-order valence-corrected chi connectivity index (χ1v) is 8.36. The number of hydrogen-bond donors (Lipinski definition) is 1. The van der Waals surface area contributed by atoms with Crippen LogP contribution in [-0.4, -0.2) is 34.1 Å². The fourth-order valence-electron chi connectivity index (χ4n) is 2.90. The van der Waals surface area contributed by atoms with Crippen LogP contribution in [0.15, 0.2) is 42.5 Å². The van der Waals surface area contributed by atoms with E-state index in [1.54, 1.807) is 31.2 Å². The van der Waals surface area contributed by atoms with Gasteiger partial charge in [0.2, 0.25) is 5.91 Å². The number of rotatable bonds is 5. The maximum atomic E-state index is 12.5. The number of halogens is 1. The van der Waals surface area contributed by atoms with Gasteiger partial charge in [0, 0.05) is 11.1 Å². The van der Waals surface area contributed by atoms with Crippen molar-refractivity contribution >= 4 is 35.0 Å². The Morgan fingerprint density at radius 3 is 2.59 bits per heavy atom. The minimum atomic E-state index is -0.854. The third kappa shape index (κ3) is 3.52. The predicted molar refractivity (Wildman–Crippen MR) is 96.5 cm³/mol. The van der Waals surface area contributed by atoms with Gasteiger partial charge in [-0.05, 0) is 30.7 Å². The molecule has 0 aliphatic carbocycles. The number of benzene rings is 2. The van der Waals surface area contributed by atoms with Crippen LogP contribution in [0.25, 0.3) is 0 Å². The van der Waals surface area contributed by atoms with Gasteiger partial charge in [-0.3, -0.25) is 29.4 Å². The van der Waals surface area contributed by atoms with Crippen LogP contribution in [0.5, 0.6) is 0 Å². The highest BCUT2D eigenvalue weighted by molar-refractivity contribution is 6.30. The van der Waals surface area contributed by atoms with Gasteiger partial charge in [0.1, 0.15) is 12.1 Å². The normalized spacial score (nSPS) is 14.1. The summed E-state index contributed by atoms with van der Waals surface area (Å²) in [6.07, 6.45) is 0. The van der Waals surface area contributed by atoms with E-state index < -0.39 is 40.9 Å². The maximum Gasteiger partial charge on any atom is 0.282 e. The van der Waals surface area contributed by atoms with Gasteiger partial charge in [-0.15, -0.1) is 0 Å². The van der Waals surface area contributed by atoms with Crippen LogP contribution >= 0.6 is 11.6 Å². The molecule has 0 radical (unpaired) electrons. The van der Waals surface area contributed by atoms with E-state index in [9.17, 15) is 24.5 Å². The number of fused-ring (bicyclic) bond motifs is 1. The second-order valence-corrected chi connectivity index (χ2v) is 6.43. The number of imide groups is 1. The molecule has 27 heavy (non-hydrogen) atoms. The highest BCUT2D eigenvalue weighted by Gasteiger charge is 2.41. The van der Waals surface area contributed by atoms with Gasteiger partial charge in [0.25, 0.3) is 17.5 Å². The summed E-state index contributed by atoms with van der Waals surface area (Å²) in [5.41, 5.74) is -0.0667. The molecule has 8 nitrogen and oxygen atoms in total. The Morgan fingerprint density at radius 1 is 1.22 bits per heavy atom. The highest BCUT2D eigenvalue weighted by atomic mass is 35.5. The molecule has 2 aromatic carbocycles. The zero-order valence-electron chi connectivity index (χ0n) is 14.1. The molecule has 3 rings (SSSR count). The maximum absolute atomic E-state index is 12.5.